The highest BCUT2D eigenvalue weighted by molar-refractivity contribution is 7.89. The van der Waals surface area contributed by atoms with Crippen LogP contribution in [-0.2, 0) is 40.5 Å². The molecule has 1 fully saturated rings. The standard InChI is InChI=1S/C37H41ClFN3O5S/c38-32-8-14-35(15-9-32)48(45,46)40-18-17-30-26-28(25-29(27-30)6-16-37(43)44)5-7-31-3-1-2-4-36(31)47-24-23-41-19-21-42(22-20-41)34-12-10-33(39)11-13-34/h1-4,8-15,25-27,40H,5-7,16-24H2,(H,43,44). The van der Waals surface area contributed by atoms with E-state index in [2.05, 4.69) is 26.7 Å². The number of halogens is 2. The van der Waals surface area contributed by atoms with Crippen molar-refractivity contribution >= 4 is 33.3 Å². The maximum atomic E-state index is 13.3. The molecule has 0 unspecified atom stereocenters. The molecule has 4 aromatic carbocycles. The quantitative estimate of drug-likeness (QED) is 0.149. The number of carboxylic acid groups (broad SMARTS) is 1. The van der Waals surface area contributed by atoms with Crippen molar-refractivity contribution in [1.82, 2.24) is 9.62 Å². The number of para-hydroxylation sites is 1. The fourth-order valence-corrected chi connectivity index (χ4v) is 7.00. The molecule has 0 saturated carbocycles. The Bertz CT molecular complexity index is 1760. The Morgan fingerprint density at radius 3 is 2.17 bits per heavy atom. The first kappa shape index (κ1) is 35.3. The highest BCUT2D eigenvalue weighted by atomic mass is 35.5. The number of nitrogens with one attached hydrogen (secondary N) is 1. The molecule has 0 bridgehead atoms. The molecule has 0 aromatic heterocycles. The van der Waals surface area contributed by atoms with Gasteiger partial charge in [0.15, 0.2) is 0 Å². The van der Waals surface area contributed by atoms with Crippen LogP contribution in [0.1, 0.15) is 28.7 Å². The van der Waals surface area contributed by atoms with Crippen molar-refractivity contribution in [1.29, 1.82) is 0 Å². The Morgan fingerprint density at radius 1 is 0.833 bits per heavy atom. The van der Waals surface area contributed by atoms with Gasteiger partial charge in [-0.1, -0.05) is 48.0 Å². The lowest BCUT2D eigenvalue weighted by atomic mass is 9.96. The van der Waals surface area contributed by atoms with Crippen LogP contribution in [0.15, 0.2) is 95.9 Å². The molecule has 1 saturated heterocycles. The van der Waals surface area contributed by atoms with Gasteiger partial charge in [0.25, 0.3) is 0 Å². The van der Waals surface area contributed by atoms with Gasteiger partial charge >= 0.3 is 5.97 Å². The van der Waals surface area contributed by atoms with Gasteiger partial charge in [0.05, 0.1) is 4.90 Å². The second kappa shape index (κ2) is 16.9. The monoisotopic (exact) mass is 693 g/mol. The van der Waals surface area contributed by atoms with E-state index >= 15 is 0 Å². The molecule has 1 aliphatic rings. The maximum absolute atomic E-state index is 13.3. The van der Waals surface area contributed by atoms with E-state index in [0.717, 1.165) is 79.3 Å². The van der Waals surface area contributed by atoms with Crippen LogP contribution in [0.4, 0.5) is 10.1 Å². The van der Waals surface area contributed by atoms with Crippen molar-refractivity contribution < 1.29 is 27.4 Å². The molecule has 1 aliphatic heterocycles. The fraction of sp³-hybridized carbons (Fsp3) is 0.324. The molecular weight excluding hydrogens is 653 g/mol. The Labute approximate surface area is 287 Å². The molecule has 0 spiro atoms. The van der Waals surface area contributed by atoms with Crippen LogP contribution in [-0.4, -0.2) is 70.3 Å². The summed E-state index contributed by atoms with van der Waals surface area (Å²) in [6, 6.07) is 26.8. The molecule has 8 nitrogen and oxygen atoms in total. The normalized spacial score (nSPS) is 13.8. The zero-order valence-corrected chi connectivity index (χ0v) is 28.4. The number of hydrogen-bond acceptors (Lipinski definition) is 6. The van der Waals surface area contributed by atoms with Crippen molar-refractivity contribution in [3.63, 3.8) is 0 Å². The number of nitrogens with zero attached hydrogens (tertiary/aromatic N) is 2. The third kappa shape index (κ3) is 10.5. The van der Waals surface area contributed by atoms with Crippen LogP contribution in [0, 0.1) is 5.82 Å². The average molecular weight is 694 g/mol. The molecule has 2 N–H and O–H groups in total. The Hall–Kier alpha value is -3.96. The summed E-state index contributed by atoms with van der Waals surface area (Å²) in [4.78, 5) is 16.1. The number of rotatable bonds is 16. The summed E-state index contributed by atoms with van der Waals surface area (Å²) in [5, 5.41) is 9.72. The summed E-state index contributed by atoms with van der Waals surface area (Å²) in [5.41, 5.74) is 5.04. The maximum Gasteiger partial charge on any atom is 0.303 e. The second-order valence-corrected chi connectivity index (χ2v) is 14.1. The van der Waals surface area contributed by atoms with Crippen molar-refractivity contribution in [3.05, 3.63) is 124 Å². The topological polar surface area (TPSA) is 99.2 Å². The average Bonchev–Trinajstić information content (AvgIpc) is 3.08. The van der Waals surface area contributed by atoms with E-state index in [1.807, 2.05) is 42.5 Å². The SMILES string of the molecule is O=C(O)CCc1cc(CCNS(=O)(=O)c2ccc(Cl)cc2)cc(CCc2ccccc2OCCN2CCN(c3ccc(F)cc3)CC2)c1. The van der Waals surface area contributed by atoms with Crippen molar-refractivity contribution in [2.24, 2.45) is 0 Å². The molecule has 0 atom stereocenters. The summed E-state index contributed by atoms with van der Waals surface area (Å²) in [6.45, 7) is 5.15. The summed E-state index contributed by atoms with van der Waals surface area (Å²) in [7, 11) is -3.69. The van der Waals surface area contributed by atoms with Crippen LogP contribution >= 0.6 is 11.6 Å². The lowest BCUT2D eigenvalue weighted by Gasteiger charge is -2.36. The fourth-order valence-electron chi connectivity index (χ4n) is 5.85. The first-order valence-corrected chi connectivity index (χ1v) is 18.0. The van der Waals surface area contributed by atoms with E-state index in [9.17, 15) is 22.7 Å². The van der Waals surface area contributed by atoms with Gasteiger partial charge in [-0.05, 0) is 103 Å². The van der Waals surface area contributed by atoms with E-state index in [4.69, 9.17) is 16.3 Å². The van der Waals surface area contributed by atoms with Crippen molar-refractivity contribution in [2.75, 3.05) is 50.8 Å². The molecular formula is C37H41ClFN3O5S. The first-order valence-electron chi connectivity index (χ1n) is 16.2. The molecule has 254 valence electrons. The number of benzene rings is 4. The van der Waals surface area contributed by atoms with E-state index in [-0.39, 0.29) is 23.7 Å². The largest absolute Gasteiger partial charge is 0.492 e. The van der Waals surface area contributed by atoms with Gasteiger partial charge in [0.1, 0.15) is 18.2 Å². The summed E-state index contributed by atoms with van der Waals surface area (Å²) in [5.74, 6) is -0.238. The number of aryl methyl sites for hydroxylation is 3. The van der Waals surface area contributed by atoms with Crippen LogP contribution in [0.2, 0.25) is 5.02 Å². The van der Waals surface area contributed by atoms with E-state index < -0.39 is 16.0 Å². The first-order chi connectivity index (χ1) is 23.1. The number of hydrogen-bond donors (Lipinski definition) is 2. The van der Waals surface area contributed by atoms with Gasteiger partial charge < -0.3 is 14.7 Å². The lowest BCUT2D eigenvalue weighted by Crippen LogP contribution is -2.47. The third-order valence-corrected chi connectivity index (χ3v) is 10.2. The molecule has 1 heterocycles. The van der Waals surface area contributed by atoms with Crippen LogP contribution < -0.4 is 14.4 Å². The zero-order chi connectivity index (χ0) is 33.9. The Kier molecular flexibility index (Phi) is 12.5. The molecule has 5 rings (SSSR count). The minimum atomic E-state index is -3.69. The lowest BCUT2D eigenvalue weighted by molar-refractivity contribution is -0.136. The highest BCUT2D eigenvalue weighted by Crippen LogP contribution is 2.23. The number of ether oxygens (including phenoxy) is 1. The number of aliphatic carboxylic acids is 1. The second-order valence-electron chi connectivity index (χ2n) is 11.9. The van der Waals surface area contributed by atoms with Crippen LogP contribution in [0.5, 0.6) is 5.75 Å². The van der Waals surface area contributed by atoms with E-state index in [0.29, 0.717) is 24.5 Å². The van der Waals surface area contributed by atoms with Gasteiger partial charge in [0, 0.05) is 56.4 Å². The molecule has 11 heteroatoms. The summed E-state index contributed by atoms with van der Waals surface area (Å²) < 4.78 is 47.7. The number of carbonyl (C=O) groups is 1. The molecule has 4 aromatic rings. The predicted octanol–water partition coefficient (Wildman–Crippen LogP) is 6.00. The third-order valence-electron chi connectivity index (χ3n) is 8.45. The van der Waals surface area contributed by atoms with E-state index in [1.54, 1.807) is 0 Å². The molecule has 0 amide bonds. The Morgan fingerprint density at radius 2 is 1.48 bits per heavy atom. The van der Waals surface area contributed by atoms with Gasteiger partial charge in [0.2, 0.25) is 10.0 Å². The van der Waals surface area contributed by atoms with E-state index in [1.165, 1.54) is 36.4 Å². The highest BCUT2D eigenvalue weighted by Gasteiger charge is 2.18. The van der Waals surface area contributed by atoms with Gasteiger partial charge in [-0.15, -0.1) is 0 Å². The summed E-state index contributed by atoms with van der Waals surface area (Å²) >= 11 is 5.90. The van der Waals surface area contributed by atoms with Crippen molar-refractivity contribution in [2.45, 2.75) is 37.0 Å². The molecule has 0 aliphatic carbocycles. The minimum Gasteiger partial charge on any atom is -0.492 e. The zero-order valence-electron chi connectivity index (χ0n) is 26.8. The summed E-state index contributed by atoms with van der Waals surface area (Å²) in [6.07, 6.45) is 2.32. The Balaban J connectivity index is 1.15. The minimum absolute atomic E-state index is 0.0179. The van der Waals surface area contributed by atoms with Gasteiger partial charge in [-0.25, -0.2) is 17.5 Å². The van der Waals surface area contributed by atoms with Crippen LogP contribution in [0.3, 0.4) is 0 Å². The molecule has 48 heavy (non-hydrogen) atoms. The number of sulfonamides is 1. The smallest absolute Gasteiger partial charge is 0.303 e. The van der Waals surface area contributed by atoms with Crippen molar-refractivity contribution in [3.8, 4) is 5.75 Å². The number of piperazine rings is 1. The molecule has 0 radical (unpaired) electrons. The number of anilines is 1. The van der Waals surface area contributed by atoms with Crippen LogP contribution in [0.25, 0.3) is 0 Å². The van der Waals surface area contributed by atoms with Gasteiger partial charge in [-0.3, -0.25) is 9.69 Å². The predicted molar refractivity (Wildman–Crippen MR) is 187 cm³/mol. The van der Waals surface area contributed by atoms with Gasteiger partial charge in [-0.2, -0.15) is 0 Å². The number of carboxylic acids is 1.